The van der Waals surface area contributed by atoms with Gasteiger partial charge in [0.2, 0.25) is 0 Å². The van der Waals surface area contributed by atoms with Gasteiger partial charge in [-0.1, -0.05) is 83.8 Å². The first-order valence-corrected chi connectivity index (χ1v) is 19.3. The van der Waals surface area contributed by atoms with Crippen LogP contribution in [-0.4, -0.2) is 17.3 Å². The highest BCUT2D eigenvalue weighted by Crippen LogP contribution is 2.39. The molecule has 0 aliphatic heterocycles. The number of rotatable bonds is 12. The third kappa shape index (κ3) is 9.05. The molecule has 0 fully saturated rings. The Morgan fingerprint density at radius 2 is 0.673 bits per heavy atom. The number of carbonyl (C=O) groups is 3. The molecule has 0 radical (unpaired) electrons. The van der Waals surface area contributed by atoms with Crippen LogP contribution in [-0.2, 0) is 10.9 Å². The topological polar surface area (TPSA) is 51.2 Å². The van der Waals surface area contributed by atoms with E-state index in [0.29, 0.717) is 16.7 Å². The molecule has 6 aromatic rings. The molecule has 0 spiro atoms. The summed E-state index contributed by atoms with van der Waals surface area (Å²) in [5.74, 6) is 0.187. The molecule has 7 heteroatoms. The lowest BCUT2D eigenvalue weighted by molar-refractivity contribution is 0.100. The number of ketones is 3. The molecule has 0 heterocycles. The van der Waals surface area contributed by atoms with Crippen molar-refractivity contribution in [3.05, 3.63) is 162 Å². The summed E-state index contributed by atoms with van der Waals surface area (Å²) in [5.41, 5.74) is 2.13. The van der Waals surface area contributed by atoms with Crippen molar-refractivity contribution in [1.29, 1.82) is 0 Å². The van der Waals surface area contributed by atoms with Gasteiger partial charge in [0.15, 0.2) is 32.0 Å². The van der Waals surface area contributed by atoms with Crippen molar-refractivity contribution in [2.45, 2.75) is 64.8 Å². The van der Waals surface area contributed by atoms with E-state index in [0.717, 1.165) is 29.4 Å². The number of carbonyl (C=O) groups excluding carboxylic acids is 3. The summed E-state index contributed by atoms with van der Waals surface area (Å²) < 4.78 is 0. The highest BCUT2D eigenvalue weighted by Gasteiger charge is 2.29. The second-order valence-electron chi connectivity index (χ2n) is 11.3. The summed E-state index contributed by atoms with van der Waals surface area (Å²) >= 11 is 5.05. The van der Waals surface area contributed by atoms with E-state index in [2.05, 4.69) is 72.8 Å². The summed E-state index contributed by atoms with van der Waals surface area (Å²) in [5, 5.41) is 0. The first kappa shape index (κ1) is 34.6. The molecule has 3 nitrogen and oxygen atoms in total. The number of benzene rings is 6. The minimum absolute atomic E-state index is 0.0614. The molecule has 0 atom stereocenters. The van der Waals surface area contributed by atoms with Crippen LogP contribution < -0.4 is 0 Å². The first-order chi connectivity index (χ1) is 23.7. The van der Waals surface area contributed by atoms with Crippen molar-refractivity contribution in [1.82, 2.24) is 0 Å². The maximum atomic E-state index is 11.8. The second kappa shape index (κ2) is 16.0. The Balaban J connectivity index is 1.32. The van der Waals surface area contributed by atoms with Crippen LogP contribution in [0.4, 0.5) is 0 Å². The fourth-order valence-corrected chi connectivity index (χ4v) is 9.93. The summed E-state index contributed by atoms with van der Waals surface area (Å²) in [6, 6.07) is 49.5. The Bertz CT molecular complexity index is 2000. The standard InChI is InChI=1S/C42H33O3S4/c1-28(43)31-10-16-34(17-11-31)46-37-22-24-40(25-23-37)49(41-8-4-6-38(26-41)47-35-18-12-32(13-19-35)29(2)44)42-9-5-7-39(27-42)48-36-20-14-33(15-21-36)30(3)45/h4-27H,1-3H3/q+1. The van der Waals surface area contributed by atoms with Gasteiger partial charge in [-0.05, 0) is 106 Å². The Morgan fingerprint density at radius 1 is 0.367 bits per heavy atom. The Hall–Kier alpha value is -4.27. The highest BCUT2D eigenvalue weighted by molar-refractivity contribution is 8.00. The van der Waals surface area contributed by atoms with Gasteiger partial charge in [-0.2, -0.15) is 0 Å². The van der Waals surface area contributed by atoms with E-state index in [1.807, 2.05) is 72.8 Å². The molecule has 0 N–H and O–H groups in total. The van der Waals surface area contributed by atoms with E-state index in [4.69, 9.17) is 0 Å². The zero-order valence-corrected chi connectivity index (χ0v) is 30.5. The monoisotopic (exact) mass is 713 g/mol. The summed E-state index contributed by atoms with van der Waals surface area (Å²) in [6.45, 7) is 4.76. The SMILES string of the molecule is CC(=O)c1ccc(Sc2ccc([S+](c3cccc(Sc4ccc(C(C)=O)cc4)c3)c3cccc(Sc4ccc(C(C)=O)cc4)c3)cc2)cc1. The number of hydrogen-bond acceptors (Lipinski definition) is 6. The molecule has 0 aromatic heterocycles. The van der Waals surface area contributed by atoms with Crippen LogP contribution >= 0.6 is 35.3 Å². The first-order valence-electron chi connectivity index (χ1n) is 15.6. The Morgan fingerprint density at radius 3 is 1.00 bits per heavy atom. The molecule has 6 aromatic carbocycles. The quantitative estimate of drug-likeness (QED) is 0.0929. The Kier molecular flexibility index (Phi) is 11.3. The normalized spacial score (nSPS) is 11.0. The summed E-state index contributed by atoms with van der Waals surface area (Å²) in [7, 11) is -0.397. The van der Waals surface area contributed by atoms with Gasteiger partial charge in [0.1, 0.15) is 0 Å². The van der Waals surface area contributed by atoms with E-state index in [1.54, 1.807) is 56.1 Å². The molecule has 0 aliphatic rings. The Labute approximate surface area is 303 Å². The molecule has 0 saturated carbocycles. The molecule has 0 saturated heterocycles. The molecule has 242 valence electrons. The number of hydrogen-bond donors (Lipinski definition) is 0. The van der Waals surface area contributed by atoms with E-state index in [9.17, 15) is 14.4 Å². The lowest BCUT2D eigenvalue weighted by atomic mass is 10.2. The lowest BCUT2D eigenvalue weighted by Crippen LogP contribution is -2.05. The van der Waals surface area contributed by atoms with Crippen LogP contribution in [0.2, 0.25) is 0 Å². The summed E-state index contributed by atoms with van der Waals surface area (Å²) in [4.78, 5) is 45.5. The van der Waals surface area contributed by atoms with Crippen molar-refractivity contribution in [2.24, 2.45) is 0 Å². The minimum atomic E-state index is -0.397. The molecule has 6 rings (SSSR count). The van der Waals surface area contributed by atoms with E-state index in [1.165, 1.54) is 14.7 Å². The van der Waals surface area contributed by atoms with Gasteiger partial charge in [0, 0.05) is 58.2 Å². The van der Waals surface area contributed by atoms with Gasteiger partial charge in [-0.15, -0.1) is 0 Å². The van der Waals surface area contributed by atoms with Crippen LogP contribution in [0, 0.1) is 0 Å². The number of Topliss-reactive ketones (excluding diaryl/α,β-unsaturated/α-hetero) is 3. The third-order valence-corrected chi connectivity index (χ3v) is 12.8. The molecular weight excluding hydrogens is 681 g/mol. The van der Waals surface area contributed by atoms with Crippen molar-refractivity contribution in [3.8, 4) is 0 Å². The van der Waals surface area contributed by atoms with Gasteiger partial charge in [-0.3, -0.25) is 14.4 Å². The molecule has 49 heavy (non-hydrogen) atoms. The van der Waals surface area contributed by atoms with Crippen molar-refractivity contribution < 1.29 is 14.4 Å². The van der Waals surface area contributed by atoms with Gasteiger partial charge in [-0.25, -0.2) is 0 Å². The predicted octanol–water partition coefficient (Wildman–Crippen LogP) is 11.8. The van der Waals surface area contributed by atoms with Crippen LogP contribution in [0.1, 0.15) is 51.8 Å². The van der Waals surface area contributed by atoms with Gasteiger partial charge < -0.3 is 0 Å². The van der Waals surface area contributed by atoms with Crippen molar-refractivity contribution in [3.63, 3.8) is 0 Å². The van der Waals surface area contributed by atoms with Crippen LogP contribution in [0.25, 0.3) is 0 Å². The van der Waals surface area contributed by atoms with Crippen LogP contribution in [0.5, 0.6) is 0 Å². The minimum Gasteiger partial charge on any atom is -0.295 e. The molecule has 0 aliphatic carbocycles. The lowest BCUT2D eigenvalue weighted by Gasteiger charge is -2.12. The van der Waals surface area contributed by atoms with E-state index in [-0.39, 0.29) is 17.3 Å². The molecule has 0 unspecified atom stereocenters. The molecular formula is C42H33O3S4+. The fourth-order valence-electron chi connectivity index (χ4n) is 5.06. The average Bonchev–Trinajstić information content (AvgIpc) is 3.10. The van der Waals surface area contributed by atoms with Crippen LogP contribution in [0.3, 0.4) is 0 Å². The van der Waals surface area contributed by atoms with Gasteiger partial charge in [0.05, 0.1) is 10.9 Å². The van der Waals surface area contributed by atoms with Gasteiger partial charge >= 0.3 is 0 Å². The van der Waals surface area contributed by atoms with Crippen molar-refractivity contribution in [2.75, 3.05) is 0 Å². The largest absolute Gasteiger partial charge is 0.295 e. The third-order valence-electron chi connectivity index (χ3n) is 7.63. The molecule has 0 amide bonds. The predicted molar refractivity (Wildman–Crippen MR) is 203 cm³/mol. The average molecular weight is 714 g/mol. The van der Waals surface area contributed by atoms with Gasteiger partial charge in [0.25, 0.3) is 0 Å². The fraction of sp³-hybridized carbons (Fsp3) is 0.0714. The maximum Gasteiger partial charge on any atom is 0.167 e. The van der Waals surface area contributed by atoms with E-state index < -0.39 is 10.9 Å². The van der Waals surface area contributed by atoms with Crippen molar-refractivity contribution >= 4 is 63.5 Å². The second-order valence-corrected chi connectivity index (χ2v) is 16.7. The highest BCUT2D eigenvalue weighted by atomic mass is 32.2. The maximum absolute atomic E-state index is 11.8. The zero-order chi connectivity index (χ0) is 34.3. The van der Waals surface area contributed by atoms with E-state index >= 15 is 0 Å². The smallest absolute Gasteiger partial charge is 0.167 e. The molecule has 0 bridgehead atoms. The zero-order valence-electron chi connectivity index (χ0n) is 27.2. The van der Waals surface area contributed by atoms with Crippen LogP contribution in [0.15, 0.2) is 190 Å². The summed E-state index contributed by atoms with van der Waals surface area (Å²) in [6.07, 6.45) is 0.